The quantitative estimate of drug-likeness (QED) is 0.845. The van der Waals surface area contributed by atoms with Gasteiger partial charge in [-0.2, -0.15) is 0 Å². The van der Waals surface area contributed by atoms with Gasteiger partial charge in [-0.15, -0.1) is 0 Å². The lowest BCUT2D eigenvalue weighted by atomic mass is 10.1. The Labute approximate surface area is 120 Å². The Bertz CT molecular complexity index is 597. The molecule has 0 spiro atoms. The van der Waals surface area contributed by atoms with Crippen molar-refractivity contribution in [1.29, 1.82) is 0 Å². The number of anilines is 2. The summed E-state index contributed by atoms with van der Waals surface area (Å²) in [7, 11) is 0. The number of carbonyl (C=O) groups is 1. The second-order valence-electron chi connectivity index (χ2n) is 4.26. The minimum absolute atomic E-state index is 0.290. The lowest BCUT2D eigenvalue weighted by Crippen LogP contribution is -2.13. The van der Waals surface area contributed by atoms with Crippen molar-refractivity contribution in [2.75, 3.05) is 11.1 Å². The van der Waals surface area contributed by atoms with E-state index in [9.17, 15) is 4.79 Å². The number of furan rings is 1. The van der Waals surface area contributed by atoms with Gasteiger partial charge in [0.1, 0.15) is 5.76 Å². The Kier molecular flexibility index (Phi) is 3.95. The summed E-state index contributed by atoms with van der Waals surface area (Å²) in [6.45, 7) is 3.85. The molecule has 1 amide bonds. The van der Waals surface area contributed by atoms with Gasteiger partial charge in [0, 0.05) is 10.9 Å². The molecular weight excluding hydrogens is 308 g/mol. The second kappa shape index (κ2) is 5.48. The molecule has 0 radical (unpaired) electrons. The van der Waals surface area contributed by atoms with Crippen LogP contribution in [0.4, 0.5) is 11.4 Å². The van der Waals surface area contributed by atoms with Crippen LogP contribution < -0.4 is 11.1 Å². The van der Waals surface area contributed by atoms with Gasteiger partial charge in [-0.05, 0) is 36.8 Å². The Morgan fingerprint density at radius 3 is 2.74 bits per heavy atom. The van der Waals surface area contributed by atoms with Crippen molar-refractivity contribution < 1.29 is 9.21 Å². The molecule has 3 N–H and O–H groups in total. The summed E-state index contributed by atoms with van der Waals surface area (Å²) >= 11 is 3.36. The largest absolute Gasteiger partial charge is 0.456 e. The molecule has 2 aromatic rings. The zero-order chi connectivity index (χ0) is 14.0. The van der Waals surface area contributed by atoms with Crippen LogP contribution in [-0.4, -0.2) is 5.91 Å². The first-order valence-corrected chi connectivity index (χ1v) is 6.76. The van der Waals surface area contributed by atoms with Gasteiger partial charge in [-0.1, -0.05) is 22.9 Å². The summed E-state index contributed by atoms with van der Waals surface area (Å²) in [5, 5.41) is 2.78. The smallest absolute Gasteiger partial charge is 0.291 e. The zero-order valence-electron chi connectivity index (χ0n) is 10.8. The standard InChI is InChI=1S/C14H15BrN2O2/c1-3-10-4-5-12(19-10)14(18)17-13-8(2)6-9(15)7-11(13)16/h4-7H,3,16H2,1-2H3,(H,17,18). The van der Waals surface area contributed by atoms with E-state index in [-0.39, 0.29) is 5.91 Å². The van der Waals surface area contributed by atoms with Crippen molar-refractivity contribution in [3.8, 4) is 0 Å². The Morgan fingerprint density at radius 1 is 1.42 bits per heavy atom. The fourth-order valence-corrected chi connectivity index (χ4v) is 2.39. The maximum atomic E-state index is 12.1. The maximum absolute atomic E-state index is 12.1. The summed E-state index contributed by atoms with van der Waals surface area (Å²) in [4.78, 5) is 12.1. The SMILES string of the molecule is CCc1ccc(C(=O)Nc2c(C)cc(Br)cc2N)o1. The van der Waals surface area contributed by atoms with Crippen LogP contribution in [0.1, 0.15) is 28.8 Å². The average molecular weight is 323 g/mol. The third kappa shape index (κ3) is 2.98. The predicted molar refractivity (Wildman–Crippen MR) is 79.3 cm³/mol. The molecule has 0 aliphatic heterocycles. The molecule has 19 heavy (non-hydrogen) atoms. The minimum Gasteiger partial charge on any atom is -0.456 e. The predicted octanol–water partition coefficient (Wildman–Crippen LogP) is 3.75. The molecule has 1 aromatic carbocycles. The van der Waals surface area contributed by atoms with Crippen LogP contribution >= 0.6 is 15.9 Å². The number of hydrogen-bond donors (Lipinski definition) is 2. The van der Waals surface area contributed by atoms with Crippen molar-refractivity contribution in [2.24, 2.45) is 0 Å². The lowest BCUT2D eigenvalue weighted by Gasteiger charge is -2.11. The van der Waals surface area contributed by atoms with Crippen molar-refractivity contribution in [3.05, 3.63) is 45.8 Å². The molecule has 4 nitrogen and oxygen atoms in total. The number of amides is 1. The zero-order valence-corrected chi connectivity index (χ0v) is 12.4. The number of nitrogen functional groups attached to an aromatic ring is 1. The van der Waals surface area contributed by atoms with Gasteiger partial charge in [0.15, 0.2) is 5.76 Å². The average Bonchev–Trinajstić information content (AvgIpc) is 2.82. The van der Waals surface area contributed by atoms with Gasteiger partial charge in [0.2, 0.25) is 0 Å². The summed E-state index contributed by atoms with van der Waals surface area (Å²) < 4.78 is 6.29. The number of hydrogen-bond acceptors (Lipinski definition) is 3. The van der Waals surface area contributed by atoms with E-state index in [1.807, 2.05) is 19.9 Å². The van der Waals surface area contributed by atoms with Gasteiger partial charge in [0.05, 0.1) is 11.4 Å². The van der Waals surface area contributed by atoms with E-state index < -0.39 is 0 Å². The molecule has 0 fully saturated rings. The molecule has 2 rings (SSSR count). The van der Waals surface area contributed by atoms with Crippen molar-refractivity contribution in [1.82, 2.24) is 0 Å². The number of benzene rings is 1. The molecule has 0 bridgehead atoms. The molecule has 1 heterocycles. The highest BCUT2D eigenvalue weighted by atomic mass is 79.9. The van der Waals surface area contributed by atoms with Crippen LogP contribution in [0.3, 0.4) is 0 Å². The van der Waals surface area contributed by atoms with E-state index >= 15 is 0 Å². The van der Waals surface area contributed by atoms with Crippen LogP contribution in [0.2, 0.25) is 0 Å². The molecule has 5 heteroatoms. The molecule has 0 saturated heterocycles. The fraction of sp³-hybridized carbons (Fsp3) is 0.214. The molecule has 1 aromatic heterocycles. The Balaban J connectivity index is 2.24. The van der Waals surface area contributed by atoms with E-state index in [0.717, 1.165) is 22.2 Å². The molecular formula is C14H15BrN2O2. The summed E-state index contributed by atoms with van der Waals surface area (Å²) in [6, 6.07) is 7.11. The second-order valence-corrected chi connectivity index (χ2v) is 5.18. The normalized spacial score (nSPS) is 10.5. The number of halogens is 1. The van der Waals surface area contributed by atoms with E-state index in [0.29, 0.717) is 17.1 Å². The number of rotatable bonds is 3. The van der Waals surface area contributed by atoms with Crippen molar-refractivity contribution >= 4 is 33.2 Å². The highest BCUT2D eigenvalue weighted by Crippen LogP contribution is 2.28. The third-order valence-electron chi connectivity index (χ3n) is 2.80. The fourth-order valence-electron chi connectivity index (χ4n) is 1.80. The monoisotopic (exact) mass is 322 g/mol. The number of aryl methyl sites for hydroxylation is 2. The molecule has 0 atom stereocenters. The summed E-state index contributed by atoms with van der Waals surface area (Å²) in [5.41, 5.74) is 7.93. The van der Waals surface area contributed by atoms with E-state index in [1.54, 1.807) is 18.2 Å². The van der Waals surface area contributed by atoms with Gasteiger partial charge < -0.3 is 15.5 Å². The molecule has 0 unspecified atom stereocenters. The summed E-state index contributed by atoms with van der Waals surface area (Å²) in [6.07, 6.45) is 0.757. The highest BCUT2D eigenvalue weighted by Gasteiger charge is 2.14. The Hall–Kier alpha value is -1.75. The third-order valence-corrected chi connectivity index (χ3v) is 3.26. The number of carbonyl (C=O) groups excluding carboxylic acids is 1. The molecule has 0 aliphatic carbocycles. The van der Waals surface area contributed by atoms with Gasteiger partial charge in [-0.3, -0.25) is 4.79 Å². The number of nitrogens with one attached hydrogen (secondary N) is 1. The maximum Gasteiger partial charge on any atom is 0.291 e. The van der Waals surface area contributed by atoms with E-state index in [2.05, 4.69) is 21.2 Å². The topological polar surface area (TPSA) is 68.3 Å². The molecule has 0 aliphatic rings. The van der Waals surface area contributed by atoms with Crippen LogP contribution in [0, 0.1) is 6.92 Å². The van der Waals surface area contributed by atoms with Crippen LogP contribution in [-0.2, 0) is 6.42 Å². The highest BCUT2D eigenvalue weighted by molar-refractivity contribution is 9.10. The van der Waals surface area contributed by atoms with Crippen LogP contribution in [0.5, 0.6) is 0 Å². The van der Waals surface area contributed by atoms with Crippen LogP contribution in [0.25, 0.3) is 0 Å². The minimum atomic E-state index is -0.295. The van der Waals surface area contributed by atoms with Crippen LogP contribution in [0.15, 0.2) is 33.2 Å². The van der Waals surface area contributed by atoms with Gasteiger partial charge >= 0.3 is 0 Å². The van der Waals surface area contributed by atoms with Crippen molar-refractivity contribution in [3.63, 3.8) is 0 Å². The first kappa shape index (κ1) is 13.7. The van der Waals surface area contributed by atoms with Crippen molar-refractivity contribution in [2.45, 2.75) is 20.3 Å². The van der Waals surface area contributed by atoms with E-state index in [4.69, 9.17) is 10.2 Å². The first-order valence-electron chi connectivity index (χ1n) is 5.97. The number of nitrogens with two attached hydrogens (primary N) is 1. The molecule has 0 saturated carbocycles. The first-order chi connectivity index (χ1) is 9.01. The lowest BCUT2D eigenvalue weighted by molar-refractivity contribution is 0.0995. The van der Waals surface area contributed by atoms with E-state index in [1.165, 1.54) is 0 Å². The Morgan fingerprint density at radius 2 is 2.16 bits per heavy atom. The van der Waals surface area contributed by atoms with Gasteiger partial charge in [-0.25, -0.2) is 0 Å². The van der Waals surface area contributed by atoms with Gasteiger partial charge in [0.25, 0.3) is 5.91 Å². The molecule has 100 valence electrons. The summed E-state index contributed by atoms with van der Waals surface area (Å²) in [5.74, 6) is 0.779.